The molecule has 0 radical (unpaired) electrons. The van der Waals surface area contributed by atoms with Crippen molar-refractivity contribution < 1.29 is 0 Å². The standard InChI is InChI=1S/C14H22N2/c1-10-4-3-5-13(8-10)16-14-7-6-12(15)9-11(14)2/h6-7,9-10,13,16H,3-5,8,15H2,1-2H3. The van der Waals surface area contributed by atoms with Crippen molar-refractivity contribution >= 4 is 11.4 Å². The average Bonchev–Trinajstić information content (AvgIpc) is 2.22. The van der Waals surface area contributed by atoms with Crippen LogP contribution in [0.3, 0.4) is 0 Å². The smallest absolute Gasteiger partial charge is 0.0373 e. The number of anilines is 2. The number of nitrogen functional groups attached to an aromatic ring is 1. The Hall–Kier alpha value is -1.18. The second kappa shape index (κ2) is 4.77. The van der Waals surface area contributed by atoms with Crippen LogP contribution in [-0.4, -0.2) is 6.04 Å². The van der Waals surface area contributed by atoms with Crippen LogP contribution in [0.5, 0.6) is 0 Å². The SMILES string of the molecule is Cc1cc(N)ccc1NC1CCCC(C)C1. The Morgan fingerprint density at radius 2 is 2.12 bits per heavy atom. The Morgan fingerprint density at radius 1 is 1.31 bits per heavy atom. The van der Waals surface area contributed by atoms with Gasteiger partial charge in [-0.25, -0.2) is 0 Å². The summed E-state index contributed by atoms with van der Waals surface area (Å²) in [5.74, 6) is 0.861. The van der Waals surface area contributed by atoms with E-state index in [4.69, 9.17) is 5.73 Å². The first-order chi connectivity index (χ1) is 7.65. The van der Waals surface area contributed by atoms with Crippen molar-refractivity contribution in [3.05, 3.63) is 23.8 Å². The first kappa shape index (κ1) is 11.3. The van der Waals surface area contributed by atoms with E-state index in [1.807, 2.05) is 12.1 Å². The van der Waals surface area contributed by atoms with Gasteiger partial charge in [-0.05, 0) is 49.4 Å². The third-order valence-corrected chi connectivity index (χ3v) is 3.55. The normalized spacial score (nSPS) is 25.4. The Morgan fingerprint density at radius 3 is 2.81 bits per heavy atom. The monoisotopic (exact) mass is 218 g/mol. The molecule has 3 N–H and O–H groups in total. The number of rotatable bonds is 2. The van der Waals surface area contributed by atoms with Crippen LogP contribution in [0.1, 0.15) is 38.2 Å². The quantitative estimate of drug-likeness (QED) is 0.745. The molecular weight excluding hydrogens is 196 g/mol. The zero-order valence-electron chi connectivity index (χ0n) is 10.3. The number of aryl methyl sites for hydroxylation is 1. The van der Waals surface area contributed by atoms with Crippen LogP contribution in [0.15, 0.2) is 18.2 Å². The summed E-state index contributed by atoms with van der Waals surface area (Å²) in [5, 5.41) is 3.65. The maximum atomic E-state index is 5.75. The number of benzene rings is 1. The van der Waals surface area contributed by atoms with E-state index in [-0.39, 0.29) is 0 Å². The minimum absolute atomic E-state index is 0.645. The van der Waals surface area contributed by atoms with Crippen LogP contribution in [0.4, 0.5) is 11.4 Å². The summed E-state index contributed by atoms with van der Waals surface area (Å²) in [6.45, 7) is 4.47. The summed E-state index contributed by atoms with van der Waals surface area (Å²) in [4.78, 5) is 0. The van der Waals surface area contributed by atoms with Crippen LogP contribution < -0.4 is 11.1 Å². The van der Waals surface area contributed by atoms with Gasteiger partial charge < -0.3 is 11.1 Å². The van der Waals surface area contributed by atoms with E-state index < -0.39 is 0 Å². The Balaban J connectivity index is 2.02. The third kappa shape index (κ3) is 2.69. The maximum absolute atomic E-state index is 5.75. The summed E-state index contributed by atoms with van der Waals surface area (Å²) >= 11 is 0. The topological polar surface area (TPSA) is 38.0 Å². The van der Waals surface area contributed by atoms with Gasteiger partial charge in [0.1, 0.15) is 0 Å². The average molecular weight is 218 g/mol. The van der Waals surface area contributed by atoms with E-state index in [0.29, 0.717) is 6.04 Å². The molecule has 2 nitrogen and oxygen atoms in total. The van der Waals surface area contributed by atoms with Gasteiger partial charge in [0.05, 0.1) is 0 Å². The third-order valence-electron chi connectivity index (χ3n) is 3.55. The lowest BCUT2D eigenvalue weighted by molar-refractivity contribution is 0.358. The van der Waals surface area contributed by atoms with Crippen LogP contribution in [0.2, 0.25) is 0 Å². The Kier molecular flexibility index (Phi) is 3.37. The summed E-state index contributed by atoms with van der Waals surface area (Å²) in [6, 6.07) is 6.76. The number of hydrogen-bond donors (Lipinski definition) is 2. The molecule has 1 fully saturated rings. The van der Waals surface area contributed by atoms with Gasteiger partial charge in [0.2, 0.25) is 0 Å². The van der Waals surface area contributed by atoms with Crippen molar-refractivity contribution in [2.24, 2.45) is 5.92 Å². The molecule has 0 aliphatic heterocycles. The molecule has 88 valence electrons. The molecule has 2 rings (SSSR count). The molecule has 16 heavy (non-hydrogen) atoms. The van der Waals surface area contributed by atoms with Gasteiger partial charge in [-0.1, -0.05) is 19.8 Å². The molecule has 0 spiro atoms. The molecule has 1 aromatic rings. The minimum atomic E-state index is 0.645. The zero-order chi connectivity index (χ0) is 11.5. The van der Waals surface area contributed by atoms with E-state index in [1.54, 1.807) is 0 Å². The molecule has 0 amide bonds. The maximum Gasteiger partial charge on any atom is 0.0373 e. The predicted octanol–water partition coefficient (Wildman–Crippen LogP) is 3.57. The van der Waals surface area contributed by atoms with Crippen LogP contribution in [0.25, 0.3) is 0 Å². The molecule has 2 heteroatoms. The van der Waals surface area contributed by atoms with Gasteiger partial charge in [-0.3, -0.25) is 0 Å². The highest BCUT2D eigenvalue weighted by Crippen LogP contribution is 2.27. The summed E-state index contributed by atoms with van der Waals surface area (Å²) in [7, 11) is 0. The van der Waals surface area contributed by atoms with Crippen molar-refractivity contribution in [2.45, 2.75) is 45.6 Å². The van der Waals surface area contributed by atoms with Gasteiger partial charge in [-0.15, -0.1) is 0 Å². The Bertz CT molecular complexity index is 360. The molecular formula is C14H22N2. The first-order valence-corrected chi connectivity index (χ1v) is 6.28. The zero-order valence-corrected chi connectivity index (χ0v) is 10.3. The van der Waals surface area contributed by atoms with E-state index in [2.05, 4.69) is 25.2 Å². The molecule has 1 saturated carbocycles. The molecule has 1 aliphatic rings. The second-order valence-corrected chi connectivity index (χ2v) is 5.19. The molecule has 1 aromatic carbocycles. The second-order valence-electron chi connectivity index (χ2n) is 5.19. The molecule has 1 aliphatic carbocycles. The molecule has 2 atom stereocenters. The van der Waals surface area contributed by atoms with Gasteiger partial charge >= 0.3 is 0 Å². The summed E-state index contributed by atoms with van der Waals surface area (Å²) in [5.41, 5.74) is 9.09. The predicted molar refractivity (Wildman–Crippen MR) is 70.6 cm³/mol. The van der Waals surface area contributed by atoms with Crippen molar-refractivity contribution in [1.29, 1.82) is 0 Å². The molecule has 0 heterocycles. The largest absolute Gasteiger partial charge is 0.399 e. The van der Waals surface area contributed by atoms with Gasteiger partial charge in [0, 0.05) is 17.4 Å². The fourth-order valence-corrected chi connectivity index (χ4v) is 2.63. The fraction of sp³-hybridized carbons (Fsp3) is 0.571. The highest BCUT2D eigenvalue weighted by molar-refractivity contribution is 5.57. The highest BCUT2D eigenvalue weighted by atomic mass is 14.9. The molecule has 0 bridgehead atoms. The van der Waals surface area contributed by atoms with Crippen molar-refractivity contribution in [2.75, 3.05) is 11.1 Å². The minimum Gasteiger partial charge on any atom is -0.399 e. The van der Waals surface area contributed by atoms with E-state index in [1.165, 1.54) is 36.9 Å². The molecule has 2 unspecified atom stereocenters. The number of nitrogens with two attached hydrogens (primary N) is 1. The van der Waals surface area contributed by atoms with Crippen LogP contribution in [0, 0.1) is 12.8 Å². The van der Waals surface area contributed by atoms with Gasteiger partial charge in [-0.2, -0.15) is 0 Å². The van der Waals surface area contributed by atoms with Crippen molar-refractivity contribution in [3.63, 3.8) is 0 Å². The lowest BCUT2D eigenvalue weighted by Gasteiger charge is -2.29. The highest BCUT2D eigenvalue weighted by Gasteiger charge is 2.18. The van der Waals surface area contributed by atoms with Gasteiger partial charge in [0.25, 0.3) is 0 Å². The van der Waals surface area contributed by atoms with Crippen LogP contribution >= 0.6 is 0 Å². The Labute approximate surface area is 98.2 Å². The van der Waals surface area contributed by atoms with Crippen molar-refractivity contribution in [3.8, 4) is 0 Å². The van der Waals surface area contributed by atoms with E-state index in [0.717, 1.165) is 11.6 Å². The summed E-state index contributed by atoms with van der Waals surface area (Å²) in [6.07, 6.45) is 5.34. The number of nitrogens with one attached hydrogen (secondary N) is 1. The van der Waals surface area contributed by atoms with Crippen LogP contribution in [-0.2, 0) is 0 Å². The lowest BCUT2D eigenvalue weighted by atomic mass is 9.87. The fourth-order valence-electron chi connectivity index (χ4n) is 2.63. The number of hydrogen-bond acceptors (Lipinski definition) is 2. The molecule has 0 saturated heterocycles. The van der Waals surface area contributed by atoms with Gasteiger partial charge in [0.15, 0.2) is 0 Å². The molecule has 0 aromatic heterocycles. The first-order valence-electron chi connectivity index (χ1n) is 6.28. The van der Waals surface area contributed by atoms with E-state index in [9.17, 15) is 0 Å². The summed E-state index contributed by atoms with van der Waals surface area (Å²) < 4.78 is 0. The lowest BCUT2D eigenvalue weighted by Crippen LogP contribution is -2.26. The van der Waals surface area contributed by atoms with E-state index >= 15 is 0 Å². The van der Waals surface area contributed by atoms with Crippen molar-refractivity contribution in [1.82, 2.24) is 0 Å².